The van der Waals surface area contributed by atoms with Gasteiger partial charge in [-0.15, -0.1) is 0 Å². The van der Waals surface area contributed by atoms with Crippen LogP contribution in [-0.2, 0) is 4.74 Å². The zero-order valence-corrected chi connectivity index (χ0v) is 10.5. The molecule has 0 fully saturated rings. The molecule has 3 nitrogen and oxygen atoms in total. The number of aliphatic hydroxyl groups is 1. The Bertz CT molecular complexity index is 317. The number of rotatable bonds is 5. The molecule has 1 atom stereocenters. The van der Waals surface area contributed by atoms with Crippen molar-refractivity contribution in [2.24, 2.45) is 0 Å². The van der Waals surface area contributed by atoms with Gasteiger partial charge in [0.15, 0.2) is 0 Å². The molecule has 0 amide bonds. The molecule has 0 radical (unpaired) electrons. The van der Waals surface area contributed by atoms with Crippen LogP contribution in [-0.4, -0.2) is 31.5 Å². The first kappa shape index (κ1) is 12.5. The van der Waals surface area contributed by atoms with Crippen LogP contribution in [0.4, 0.5) is 5.69 Å². The highest BCUT2D eigenvalue weighted by Gasteiger charge is 2.04. The van der Waals surface area contributed by atoms with E-state index in [0.717, 1.165) is 15.7 Å². The molecule has 84 valence electrons. The third kappa shape index (κ3) is 4.20. The largest absolute Gasteiger partial charge is 0.389 e. The first-order chi connectivity index (χ1) is 7.13. The maximum atomic E-state index is 9.47. The third-order valence-corrected chi connectivity index (χ3v) is 2.58. The van der Waals surface area contributed by atoms with Gasteiger partial charge in [-0.2, -0.15) is 0 Å². The fourth-order valence-electron chi connectivity index (χ4n) is 1.26. The summed E-state index contributed by atoms with van der Waals surface area (Å²) in [7, 11) is 1.58. The second kappa shape index (κ2) is 6.10. The van der Waals surface area contributed by atoms with Crippen LogP contribution in [0.3, 0.4) is 0 Å². The van der Waals surface area contributed by atoms with Gasteiger partial charge in [-0.1, -0.05) is 22.0 Å². The van der Waals surface area contributed by atoms with Gasteiger partial charge in [0.25, 0.3) is 0 Å². The van der Waals surface area contributed by atoms with Crippen LogP contribution in [0.15, 0.2) is 22.7 Å². The first-order valence-corrected chi connectivity index (χ1v) is 5.60. The third-order valence-electron chi connectivity index (χ3n) is 2.09. The lowest BCUT2D eigenvalue weighted by molar-refractivity contribution is 0.0727. The summed E-state index contributed by atoms with van der Waals surface area (Å²) >= 11 is 3.41. The standard InChI is InChI=1S/C11H16BrNO2/c1-8-3-4-9(12)5-11(8)13-6-10(14)7-15-2/h3-5,10,13-14H,6-7H2,1-2H3. The number of methoxy groups -OCH3 is 1. The molecular weight excluding hydrogens is 258 g/mol. The van der Waals surface area contributed by atoms with Crippen LogP contribution in [0.1, 0.15) is 5.56 Å². The molecule has 0 heterocycles. The minimum absolute atomic E-state index is 0.347. The Hall–Kier alpha value is -0.580. The van der Waals surface area contributed by atoms with Gasteiger partial charge in [-0.25, -0.2) is 0 Å². The van der Waals surface area contributed by atoms with Crippen molar-refractivity contribution < 1.29 is 9.84 Å². The van der Waals surface area contributed by atoms with E-state index in [4.69, 9.17) is 4.74 Å². The van der Waals surface area contributed by atoms with Crippen LogP contribution in [0.2, 0.25) is 0 Å². The van der Waals surface area contributed by atoms with Gasteiger partial charge >= 0.3 is 0 Å². The smallest absolute Gasteiger partial charge is 0.0945 e. The number of benzene rings is 1. The number of halogens is 1. The molecular formula is C11H16BrNO2. The molecule has 2 N–H and O–H groups in total. The molecule has 4 heteroatoms. The van der Waals surface area contributed by atoms with E-state index >= 15 is 0 Å². The van der Waals surface area contributed by atoms with Crippen LogP contribution in [0, 0.1) is 6.92 Å². The van der Waals surface area contributed by atoms with E-state index in [9.17, 15) is 5.11 Å². The SMILES string of the molecule is COCC(O)CNc1cc(Br)ccc1C. The highest BCUT2D eigenvalue weighted by molar-refractivity contribution is 9.10. The number of hydrogen-bond acceptors (Lipinski definition) is 3. The fraction of sp³-hybridized carbons (Fsp3) is 0.455. The van der Waals surface area contributed by atoms with Crippen LogP contribution in [0.5, 0.6) is 0 Å². The molecule has 0 bridgehead atoms. The predicted molar refractivity (Wildman–Crippen MR) is 65.3 cm³/mol. The first-order valence-electron chi connectivity index (χ1n) is 4.80. The summed E-state index contributed by atoms with van der Waals surface area (Å²) in [6.45, 7) is 2.86. The Kier molecular flexibility index (Phi) is 5.08. The molecule has 0 aromatic heterocycles. The Morgan fingerprint density at radius 3 is 2.93 bits per heavy atom. The monoisotopic (exact) mass is 273 g/mol. The second-order valence-corrected chi connectivity index (χ2v) is 4.36. The van der Waals surface area contributed by atoms with Crippen molar-refractivity contribution >= 4 is 21.6 Å². The molecule has 0 spiro atoms. The molecule has 1 rings (SSSR count). The van der Waals surface area contributed by atoms with Crippen molar-refractivity contribution in [2.75, 3.05) is 25.6 Å². The normalized spacial score (nSPS) is 12.5. The van der Waals surface area contributed by atoms with E-state index in [0.29, 0.717) is 13.2 Å². The molecule has 15 heavy (non-hydrogen) atoms. The van der Waals surface area contributed by atoms with Gasteiger partial charge in [0.2, 0.25) is 0 Å². The van der Waals surface area contributed by atoms with Gasteiger partial charge in [0, 0.05) is 23.8 Å². The highest BCUT2D eigenvalue weighted by Crippen LogP contribution is 2.20. The van der Waals surface area contributed by atoms with Crippen molar-refractivity contribution in [1.82, 2.24) is 0 Å². The Morgan fingerprint density at radius 1 is 1.53 bits per heavy atom. The number of anilines is 1. The van der Waals surface area contributed by atoms with Crippen molar-refractivity contribution in [1.29, 1.82) is 0 Å². The van der Waals surface area contributed by atoms with Gasteiger partial charge in [0.1, 0.15) is 0 Å². The van der Waals surface area contributed by atoms with Crippen molar-refractivity contribution in [3.63, 3.8) is 0 Å². The summed E-state index contributed by atoms with van der Waals surface area (Å²) in [6, 6.07) is 6.01. The van der Waals surface area contributed by atoms with Crippen LogP contribution < -0.4 is 5.32 Å². The summed E-state index contributed by atoms with van der Waals surface area (Å²) in [4.78, 5) is 0. The van der Waals surface area contributed by atoms with Gasteiger partial charge in [-0.05, 0) is 24.6 Å². The van der Waals surface area contributed by atoms with E-state index in [1.165, 1.54) is 0 Å². The summed E-state index contributed by atoms with van der Waals surface area (Å²) in [5, 5.41) is 12.6. The average molecular weight is 274 g/mol. The second-order valence-electron chi connectivity index (χ2n) is 3.45. The topological polar surface area (TPSA) is 41.5 Å². The molecule has 1 aromatic rings. The number of hydrogen-bond donors (Lipinski definition) is 2. The minimum atomic E-state index is -0.478. The van der Waals surface area contributed by atoms with E-state index in [-0.39, 0.29) is 0 Å². The summed E-state index contributed by atoms with van der Waals surface area (Å²) < 4.78 is 5.87. The molecule has 0 saturated carbocycles. The quantitative estimate of drug-likeness (QED) is 0.864. The average Bonchev–Trinajstić information content (AvgIpc) is 2.20. The van der Waals surface area contributed by atoms with Crippen molar-refractivity contribution in [2.45, 2.75) is 13.0 Å². The number of nitrogens with one attached hydrogen (secondary N) is 1. The van der Waals surface area contributed by atoms with Crippen molar-refractivity contribution in [3.8, 4) is 0 Å². The molecule has 0 aliphatic carbocycles. The minimum Gasteiger partial charge on any atom is -0.389 e. The fourth-order valence-corrected chi connectivity index (χ4v) is 1.62. The zero-order chi connectivity index (χ0) is 11.3. The van der Waals surface area contributed by atoms with Gasteiger partial charge in [-0.3, -0.25) is 0 Å². The lowest BCUT2D eigenvalue weighted by atomic mass is 10.2. The predicted octanol–water partition coefficient (Wildman–Crippen LogP) is 2.18. The maximum absolute atomic E-state index is 9.47. The van der Waals surface area contributed by atoms with E-state index in [2.05, 4.69) is 21.2 Å². The lowest BCUT2D eigenvalue weighted by Gasteiger charge is -2.13. The summed E-state index contributed by atoms with van der Waals surface area (Å²) in [5.41, 5.74) is 2.18. The lowest BCUT2D eigenvalue weighted by Crippen LogP contribution is -2.24. The van der Waals surface area contributed by atoms with E-state index in [1.807, 2.05) is 25.1 Å². The van der Waals surface area contributed by atoms with Crippen molar-refractivity contribution in [3.05, 3.63) is 28.2 Å². The van der Waals surface area contributed by atoms with Crippen LogP contribution >= 0.6 is 15.9 Å². The highest BCUT2D eigenvalue weighted by atomic mass is 79.9. The number of aryl methyl sites for hydroxylation is 1. The molecule has 0 aliphatic heterocycles. The zero-order valence-electron chi connectivity index (χ0n) is 8.96. The summed E-state index contributed by atoms with van der Waals surface area (Å²) in [5.74, 6) is 0. The Morgan fingerprint density at radius 2 is 2.27 bits per heavy atom. The number of aliphatic hydroxyl groups excluding tert-OH is 1. The molecule has 0 saturated heterocycles. The van der Waals surface area contributed by atoms with Crippen LogP contribution in [0.25, 0.3) is 0 Å². The molecule has 0 aliphatic rings. The summed E-state index contributed by atoms with van der Waals surface area (Å²) in [6.07, 6.45) is -0.478. The van der Waals surface area contributed by atoms with Gasteiger partial charge in [0.05, 0.1) is 12.7 Å². The Labute approximate surface area is 98.6 Å². The maximum Gasteiger partial charge on any atom is 0.0945 e. The van der Waals surface area contributed by atoms with Gasteiger partial charge < -0.3 is 15.2 Å². The van der Waals surface area contributed by atoms with E-state index in [1.54, 1.807) is 7.11 Å². The van der Waals surface area contributed by atoms with E-state index < -0.39 is 6.10 Å². The molecule has 1 aromatic carbocycles. The Balaban J connectivity index is 2.53. The molecule has 1 unspecified atom stereocenters. The number of ether oxygens (including phenoxy) is 1.